The monoisotopic (exact) mass is 302 g/mol. The SMILES string of the molecule is O=C(O)c1ccc2nc(NC(=O)C3CC4CC4C3)sc2c1. The molecule has 2 atom stereocenters. The molecule has 2 fully saturated rings. The molecule has 0 radical (unpaired) electrons. The molecule has 21 heavy (non-hydrogen) atoms. The Bertz CT molecular complexity index is 744. The summed E-state index contributed by atoms with van der Waals surface area (Å²) in [5.41, 5.74) is 0.953. The Morgan fingerprint density at radius 2 is 2.00 bits per heavy atom. The highest BCUT2D eigenvalue weighted by Crippen LogP contribution is 2.54. The number of fused-ring (bicyclic) bond motifs is 2. The van der Waals surface area contributed by atoms with Crippen molar-refractivity contribution in [1.29, 1.82) is 0 Å². The number of anilines is 1. The lowest BCUT2D eigenvalue weighted by molar-refractivity contribution is -0.120. The average Bonchev–Trinajstić information content (AvgIpc) is 2.89. The zero-order valence-electron chi connectivity index (χ0n) is 11.2. The number of amides is 1. The first kappa shape index (κ1) is 12.8. The number of rotatable bonds is 3. The summed E-state index contributed by atoms with van der Waals surface area (Å²) in [7, 11) is 0. The van der Waals surface area contributed by atoms with Crippen LogP contribution in [0.5, 0.6) is 0 Å². The smallest absolute Gasteiger partial charge is 0.335 e. The number of nitrogens with zero attached hydrogens (tertiary/aromatic N) is 1. The van der Waals surface area contributed by atoms with Crippen molar-refractivity contribution < 1.29 is 14.7 Å². The summed E-state index contributed by atoms with van der Waals surface area (Å²) >= 11 is 1.32. The molecule has 2 aliphatic rings. The van der Waals surface area contributed by atoms with E-state index in [1.165, 1.54) is 23.8 Å². The van der Waals surface area contributed by atoms with Crippen LogP contribution in [0.25, 0.3) is 10.2 Å². The fourth-order valence-corrected chi connectivity index (χ4v) is 4.16. The van der Waals surface area contributed by atoms with Crippen LogP contribution in [0, 0.1) is 17.8 Å². The standard InChI is InChI=1S/C15H14N2O3S/c18-13(10-4-8-3-9(8)5-10)17-15-16-11-2-1-7(14(19)20)6-12(11)21-15/h1-2,6,8-10H,3-5H2,(H,19,20)(H,16,17,18). The van der Waals surface area contributed by atoms with E-state index >= 15 is 0 Å². The van der Waals surface area contributed by atoms with Gasteiger partial charge in [-0.2, -0.15) is 0 Å². The van der Waals surface area contributed by atoms with Gasteiger partial charge in [0.15, 0.2) is 5.13 Å². The van der Waals surface area contributed by atoms with E-state index in [0.717, 1.165) is 34.9 Å². The number of hydrogen-bond acceptors (Lipinski definition) is 4. The van der Waals surface area contributed by atoms with E-state index in [1.807, 2.05) is 0 Å². The van der Waals surface area contributed by atoms with E-state index in [1.54, 1.807) is 12.1 Å². The van der Waals surface area contributed by atoms with Crippen LogP contribution in [0.1, 0.15) is 29.6 Å². The summed E-state index contributed by atoms with van der Waals surface area (Å²) in [5, 5.41) is 12.4. The molecule has 5 nitrogen and oxygen atoms in total. The van der Waals surface area contributed by atoms with Crippen LogP contribution < -0.4 is 5.32 Å². The molecule has 2 aliphatic carbocycles. The van der Waals surface area contributed by atoms with Gasteiger partial charge in [0.2, 0.25) is 5.91 Å². The Morgan fingerprint density at radius 3 is 2.71 bits per heavy atom. The predicted octanol–water partition coefficient (Wildman–Crippen LogP) is 2.98. The van der Waals surface area contributed by atoms with Crippen molar-refractivity contribution in [3.05, 3.63) is 23.8 Å². The van der Waals surface area contributed by atoms with Gasteiger partial charge in [-0.1, -0.05) is 11.3 Å². The average molecular weight is 302 g/mol. The fraction of sp³-hybridized carbons (Fsp3) is 0.400. The molecule has 2 saturated carbocycles. The summed E-state index contributed by atoms with van der Waals surface area (Å²) in [6.07, 6.45) is 3.30. The van der Waals surface area contributed by atoms with Crippen LogP contribution in [-0.4, -0.2) is 22.0 Å². The number of hydrogen-bond donors (Lipinski definition) is 2. The van der Waals surface area contributed by atoms with Gasteiger partial charge in [0.1, 0.15) is 0 Å². The highest BCUT2D eigenvalue weighted by molar-refractivity contribution is 7.22. The van der Waals surface area contributed by atoms with Gasteiger partial charge in [-0.15, -0.1) is 0 Å². The lowest BCUT2D eigenvalue weighted by Gasteiger charge is -2.09. The van der Waals surface area contributed by atoms with Gasteiger partial charge in [-0.3, -0.25) is 4.79 Å². The minimum absolute atomic E-state index is 0.0553. The van der Waals surface area contributed by atoms with Crippen molar-refractivity contribution in [2.75, 3.05) is 5.32 Å². The van der Waals surface area contributed by atoms with E-state index in [4.69, 9.17) is 5.11 Å². The maximum absolute atomic E-state index is 12.2. The number of benzene rings is 1. The number of aromatic carboxylic acids is 1. The normalized spacial score (nSPS) is 26.6. The second kappa shape index (κ2) is 4.53. The van der Waals surface area contributed by atoms with E-state index in [2.05, 4.69) is 10.3 Å². The number of carbonyl (C=O) groups is 2. The minimum Gasteiger partial charge on any atom is -0.478 e. The molecular formula is C15H14N2O3S. The van der Waals surface area contributed by atoms with Crippen LogP contribution >= 0.6 is 11.3 Å². The van der Waals surface area contributed by atoms with E-state index < -0.39 is 5.97 Å². The number of thiazole rings is 1. The molecule has 2 aromatic rings. The number of carboxylic acid groups (broad SMARTS) is 1. The topological polar surface area (TPSA) is 79.3 Å². The van der Waals surface area contributed by atoms with E-state index in [0.29, 0.717) is 5.13 Å². The fourth-order valence-electron chi connectivity index (χ4n) is 3.25. The molecule has 2 N–H and O–H groups in total. The Hall–Kier alpha value is -1.95. The Balaban J connectivity index is 1.53. The molecule has 108 valence electrons. The lowest BCUT2D eigenvalue weighted by atomic mass is 10.0. The van der Waals surface area contributed by atoms with E-state index in [-0.39, 0.29) is 17.4 Å². The summed E-state index contributed by atoms with van der Waals surface area (Å²) in [4.78, 5) is 27.5. The molecule has 0 aliphatic heterocycles. The number of nitrogens with one attached hydrogen (secondary N) is 1. The second-order valence-corrected chi connectivity index (χ2v) is 6.95. The van der Waals surface area contributed by atoms with Crippen LogP contribution in [0.3, 0.4) is 0 Å². The third-order valence-electron chi connectivity index (χ3n) is 4.48. The minimum atomic E-state index is -0.957. The molecule has 6 heteroatoms. The molecule has 0 saturated heterocycles. The molecule has 2 unspecified atom stereocenters. The van der Waals surface area contributed by atoms with Crippen molar-refractivity contribution >= 4 is 38.6 Å². The first-order chi connectivity index (χ1) is 10.1. The van der Waals surface area contributed by atoms with Gasteiger partial charge < -0.3 is 10.4 Å². The number of carboxylic acids is 1. The van der Waals surface area contributed by atoms with Gasteiger partial charge >= 0.3 is 5.97 Å². The molecular weight excluding hydrogens is 288 g/mol. The Kier molecular flexibility index (Phi) is 2.75. The van der Waals surface area contributed by atoms with Crippen molar-refractivity contribution in [2.45, 2.75) is 19.3 Å². The third-order valence-corrected chi connectivity index (χ3v) is 5.41. The van der Waals surface area contributed by atoms with Crippen molar-refractivity contribution in [3.63, 3.8) is 0 Å². The zero-order valence-corrected chi connectivity index (χ0v) is 12.0. The predicted molar refractivity (Wildman–Crippen MR) is 79.5 cm³/mol. The summed E-state index contributed by atoms with van der Waals surface area (Å²) in [6.45, 7) is 0. The quantitative estimate of drug-likeness (QED) is 0.913. The number of aromatic nitrogens is 1. The first-order valence-corrected chi connectivity index (χ1v) is 7.86. The molecule has 0 bridgehead atoms. The maximum atomic E-state index is 12.2. The molecule has 1 aromatic carbocycles. The molecule has 1 aromatic heterocycles. The van der Waals surface area contributed by atoms with Crippen molar-refractivity contribution in [2.24, 2.45) is 17.8 Å². The van der Waals surface area contributed by atoms with Gasteiger partial charge in [0.25, 0.3) is 0 Å². The van der Waals surface area contributed by atoms with Gasteiger partial charge in [-0.05, 0) is 49.3 Å². The summed E-state index contributed by atoms with van der Waals surface area (Å²) in [5.74, 6) is 0.764. The largest absolute Gasteiger partial charge is 0.478 e. The van der Waals surface area contributed by atoms with E-state index in [9.17, 15) is 9.59 Å². The Labute approximate surface area is 125 Å². The third kappa shape index (κ3) is 2.29. The van der Waals surface area contributed by atoms with Crippen molar-refractivity contribution in [3.8, 4) is 0 Å². The maximum Gasteiger partial charge on any atom is 0.335 e. The first-order valence-electron chi connectivity index (χ1n) is 7.05. The highest BCUT2D eigenvalue weighted by Gasteiger charge is 2.48. The molecule has 4 rings (SSSR count). The molecule has 1 amide bonds. The van der Waals surface area contributed by atoms with Crippen molar-refractivity contribution in [1.82, 2.24) is 4.98 Å². The van der Waals surface area contributed by atoms with Gasteiger partial charge in [-0.25, -0.2) is 9.78 Å². The second-order valence-electron chi connectivity index (χ2n) is 5.92. The van der Waals surface area contributed by atoms with Crippen LogP contribution in [0.4, 0.5) is 5.13 Å². The summed E-state index contributed by atoms with van der Waals surface area (Å²) < 4.78 is 0.777. The van der Waals surface area contributed by atoms with Crippen LogP contribution in [0.2, 0.25) is 0 Å². The van der Waals surface area contributed by atoms with Crippen LogP contribution in [0.15, 0.2) is 18.2 Å². The number of carbonyl (C=O) groups excluding carboxylic acids is 1. The van der Waals surface area contributed by atoms with Gasteiger partial charge in [0.05, 0.1) is 15.8 Å². The summed E-state index contributed by atoms with van der Waals surface area (Å²) in [6, 6.07) is 4.80. The zero-order chi connectivity index (χ0) is 14.6. The molecule has 0 spiro atoms. The van der Waals surface area contributed by atoms with Gasteiger partial charge in [0, 0.05) is 5.92 Å². The van der Waals surface area contributed by atoms with Crippen LogP contribution in [-0.2, 0) is 4.79 Å². The lowest BCUT2D eigenvalue weighted by Crippen LogP contribution is -2.21. The Morgan fingerprint density at radius 1 is 1.24 bits per heavy atom. The highest BCUT2D eigenvalue weighted by atomic mass is 32.1. The molecule has 1 heterocycles.